The standard InChI is InChI=1S/C9H17NOS/c1-9(7-12)6-11-5-8-3-2-4-10(8)9/h8,12H,2-7H2,1H3/t8-,9-/m0/s1. The maximum absolute atomic E-state index is 5.60. The molecule has 0 aromatic carbocycles. The average molecular weight is 187 g/mol. The predicted molar refractivity (Wildman–Crippen MR) is 52.8 cm³/mol. The van der Waals surface area contributed by atoms with Crippen LogP contribution in [0.3, 0.4) is 0 Å². The summed E-state index contributed by atoms with van der Waals surface area (Å²) in [7, 11) is 0. The van der Waals surface area contributed by atoms with E-state index in [1.165, 1.54) is 19.4 Å². The SMILES string of the molecule is C[C@@]1(CS)COC[C@@H]2CCCN21. The minimum atomic E-state index is 0.197. The second-order valence-corrected chi connectivity index (χ2v) is 4.48. The molecule has 2 aliphatic heterocycles. The van der Waals surface area contributed by atoms with E-state index in [9.17, 15) is 0 Å². The molecule has 0 unspecified atom stereocenters. The molecule has 2 heterocycles. The molecule has 12 heavy (non-hydrogen) atoms. The number of fused-ring (bicyclic) bond motifs is 1. The Balaban J connectivity index is 2.13. The molecule has 2 nitrogen and oxygen atoms in total. The van der Waals surface area contributed by atoms with Crippen molar-refractivity contribution in [1.29, 1.82) is 0 Å². The van der Waals surface area contributed by atoms with Crippen LogP contribution in [0, 0.1) is 0 Å². The van der Waals surface area contributed by atoms with E-state index in [1.54, 1.807) is 0 Å². The molecule has 0 aromatic rings. The lowest BCUT2D eigenvalue weighted by Gasteiger charge is -2.45. The number of morpholine rings is 1. The highest BCUT2D eigenvalue weighted by Crippen LogP contribution is 2.31. The molecular weight excluding hydrogens is 170 g/mol. The Morgan fingerprint density at radius 3 is 3.25 bits per heavy atom. The summed E-state index contributed by atoms with van der Waals surface area (Å²) in [6, 6.07) is 0.677. The fourth-order valence-electron chi connectivity index (χ4n) is 2.35. The Bertz CT molecular complexity index is 176. The normalized spacial score (nSPS) is 43.0. The molecule has 0 aliphatic carbocycles. The van der Waals surface area contributed by atoms with Gasteiger partial charge in [-0.05, 0) is 26.3 Å². The molecule has 0 radical (unpaired) electrons. The zero-order valence-electron chi connectivity index (χ0n) is 7.62. The second kappa shape index (κ2) is 3.20. The van der Waals surface area contributed by atoms with Crippen molar-refractivity contribution >= 4 is 12.6 Å². The first-order chi connectivity index (χ1) is 5.76. The van der Waals surface area contributed by atoms with Crippen molar-refractivity contribution in [3.05, 3.63) is 0 Å². The van der Waals surface area contributed by atoms with Crippen molar-refractivity contribution in [2.45, 2.75) is 31.3 Å². The summed E-state index contributed by atoms with van der Waals surface area (Å²) in [6.07, 6.45) is 2.64. The number of rotatable bonds is 1. The van der Waals surface area contributed by atoms with Gasteiger partial charge in [0.05, 0.1) is 18.8 Å². The molecule has 3 heteroatoms. The third-order valence-electron chi connectivity index (χ3n) is 3.13. The Morgan fingerprint density at radius 1 is 1.67 bits per heavy atom. The third kappa shape index (κ3) is 1.28. The Labute approximate surface area is 79.7 Å². The minimum absolute atomic E-state index is 0.197. The third-order valence-corrected chi connectivity index (χ3v) is 3.82. The van der Waals surface area contributed by atoms with E-state index in [-0.39, 0.29) is 5.54 Å². The van der Waals surface area contributed by atoms with Crippen LogP contribution in [0.15, 0.2) is 0 Å². The summed E-state index contributed by atoms with van der Waals surface area (Å²) in [4.78, 5) is 2.59. The van der Waals surface area contributed by atoms with Gasteiger partial charge in [0.15, 0.2) is 0 Å². The molecule has 2 atom stereocenters. The van der Waals surface area contributed by atoms with Crippen LogP contribution in [0.5, 0.6) is 0 Å². The Kier molecular flexibility index (Phi) is 2.36. The Hall–Kier alpha value is 0.270. The van der Waals surface area contributed by atoms with Crippen molar-refractivity contribution in [2.24, 2.45) is 0 Å². The van der Waals surface area contributed by atoms with Gasteiger partial charge in [0.2, 0.25) is 0 Å². The average Bonchev–Trinajstić information content (AvgIpc) is 2.54. The van der Waals surface area contributed by atoms with Crippen molar-refractivity contribution in [1.82, 2.24) is 4.90 Å². The van der Waals surface area contributed by atoms with Crippen molar-refractivity contribution in [3.63, 3.8) is 0 Å². The van der Waals surface area contributed by atoms with Crippen molar-refractivity contribution in [3.8, 4) is 0 Å². The molecule has 0 saturated carbocycles. The maximum Gasteiger partial charge on any atom is 0.0656 e. The van der Waals surface area contributed by atoms with Crippen molar-refractivity contribution < 1.29 is 4.74 Å². The van der Waals surface area contributed by atoms with E-state index in [0.717, 1.165) is 19.0 Å². The molecular formula is C9H17NOS. The quantitative estimate of drug-likeness (QED) is 0.619. The summed E-state index contributed by atoms with van der Waals surface area (Å²) in [5.74, 6) is 0.906. The molecule has 0 bridgehead atoms. The van der Waals surface area contributed by atoms with Gasteiger partial charge >= 0.3 is 0 Å². The fraction of sp³-hybridized carbons (Fsp3) is 1.00. The van der Waals surface area contributed by atoms with E-state index in [1.807, 2.05) is 0 Å². The van der Waals surface area contributed by atoms with E-state index >= 15 is 0 Å². The van der Waals surface area contributed by atoms with Gasteiger partial charge in [-0.25, -0.2) is 0 Å². The van der Waals surface area contributed by atoms with Gasteiger partial charge in [0.1, 0.15) is 0 Å². The highest BCUT2D eigenvalue weighted by atomic mass is 32.1. The number of hydrogen-bond acceptors (Lipinski definition) is 3. The number of thiol groups is 1. The Morgan fingerprint density at radius 2 is 2.50 bits per heavy atom. The molecule has 70 valence electrons. The van der Waals surface area contributed by atoms with Crippen LogP contribution >= 0.6 is 12.6 Å². The minimum Gasteiger partial charge on any atom is -0.378 e. The zero-order chi connectivity index (χ0) is 8.60. The first-order valence-corrected chi connectivity index (χ1v) is 5.35. The van der Waals surface area contributed by atoms with E-state index in [2.05, 4.69) is 24.5 Å². The first-order valence-electron chi connectivity index (χ1n) is 4.72. The zero-order valence-corrected chi connectivity index (χ0v) is 8.52. The lowest BCUT2D eigenvalue weighted by Crippen LogP contribution is -2.58. The number of hydrogen-bond donors (Lipinski definition) is 1. The van der Waals surface area contributed by atoms with Crippen LogP contribution in [0.2, 0.25) is 0 Å². The summed E-state index contributed by atoms with van der Waals surface area (Å²) in [5.41, 5.74) is 0.197. The molecule has 0 amide bonds. The molecule has 2 saturated heterocycles. The predicted octanol–water partition coefficient (Wildman–Crippen LogP) is 1.17. The highest BCUT2D eigenvalue weighted by Gasteiger charge is 2.41. The number of nitrogens with zero attached hydrogens (tertiary/aromatic N) is 1. The fourth-order valence-corrected chi connectivity index (χ4v) is 2.63. The summed E-state index contributed by atoms with van der Waals surface area (Å²) >= 11 is 4.41. The largest absolute Gasteiger partial charge is 0.378 e. The maximum atomic E-state index is 5.60. The lowest BCUT2D eigenvalue weighted by molar-refractivity contribution is -0.0683. The molecule has 0 N–H and O–H groups in total. The molecule has 0 aromatic heterocycles. The topological polar surface area (TPSA) is 12.5 Å². The van der Waals surface area contributed by atoms with Crippen LogP contribution in [0.25, 0.3) is 0 Å². The van der Waals surface area contributed by atoms with E-state index in [0.29, 0.717) is 6.04 Å². The molecule has 2 aliphatic rings. The van der Waals surface area contributed by atoms with Crippen LogP contribution in [0.1, 0.15) is 19.8 Å². The second-order valence-electron chi connectivity index (χ2n) is 4.16. The van der Waals surface area contributed by atoms with Crippen LogP contribution in [0.4, 0.5) is 0 Å². The highest BCUT2D eigenvalue weighted by molar-refractivity contribution is 7.80. The van der Waals surface area contributed by atoms with Gasteiger partial charge in [-0.15, -0.1) is 0 Å². The van der Waals surface area contributed by atoms with Gasteiger partial charge in [-0.3, -0.25) is 4.90 Å². The summed E-state index contributed by atoms with van der Waals surface area (Å²) < 4.78 is 5.60. The monoisotopic (exact) mass is 187 g/mol. The first kappa shape index (κ1) is 8.85. The summed E-state index contributed by atoms with van der Waals surface area (Å²) in [5, 5.41) is 0. The van der Waals surface area contributed by atoms with Gasteiger partial charge in [0.25, 0.3) is 0 Å². The smallest absolute Gasteiger partial charge is 0.0656 e. The molecule has 2 fully saturated rings. The van der Waals surface area contributed by atoms with Gasteiger partial charge in [-0.2, -0.15) is 12.6 Å². The van der Waals surface area contributed by atoms with Crippen LogP contribution in [-0.2, 0) is 4.74 Å². The van der Waals surface area contributed by atoms with E-state index in [4.69, 9.17) is 4.74 Å². The van der Waals surface area contributed by atoms with Crippen LogP contribution < -0.4 is 0 Å². The van der Waals surface area contributed by atoms with Gasteiger partial charge < -0.3 is 4.74 Å². The molecule has 2 rings (SSSR count). The number of ether oxygens (including phenoxy) is 1. The molecule has 0 spiro atoms. The lowest BCUT2D eigenvalue weighted by atomic mass is 10.0. The van der Waals surface area contributed by atoms with Crippen LogP contribution in [-0.4, -0.2) is 42.0 Å². The van der Waals surface area contributed by atoms with E-state index < -0.39 is 0 Å². The van der Waals surface area contributed by atoms with Gasteiger partial charge in [0, 0.05) is 11.8 Å². The van der Waals surface area contributed by atoms with Gasteiger partial charge in [-0.1, -0.05) is 0 Å². The summed E-state index contributed by atoms with van der Waals surface area (Å²) in [6.45, 7) is 5.29. The van der Waals surface area contributed by atoms with Crippen molar-refractivity contribution in [2.75, 3.05) is 25.5 Å².